The molecule has 0 bridgehead atoms. The van der Waals surface area contributed by atoms with Gasteiger partial charge in [0.2, 0.25) is 5.90 Å². The lowest BCUT2D eigenvalue weighted by Crippen LogP contribution is -2.44. The summed E-state index contributed by atoms with van der Waals surface area (Å²) in [5.41, 5.74) is 25.8. The third-order valence-electron chi connectivity index (χ3n) is 22.7. The Morgan fingerprint density at radius 3 is 1.38 bits per heavy atom. The molecule has 41 nitrogen and oxygen atoms in total. The number of Topliss-reactive ketones (excluding diaryl/α,β-unsaturated/α-hetero) is 1. The normalized spacial score (nSPS) is 17.6. The SMILES string of the molecule is COC(=O)CC[C@@H]1N=C(c2ccccn2)c2cc(Br)ccc2CC1=O.COC(=O)CC[C@@H]1N=C(c2ccccn2)c2cc(Br)ccc2N=C1OP(=O)(N1CCOCC1)N1CCOCC1.COCC(O)CCC1=Nc2ccc(Br)cc2C(c2ccccn2)=N[C@H]1CCC(=O)OC.COCC(O)CN.COCC(O)CN=[N+]=[N-].COCC1CO1.COCc1nnc2n1-c1ccc(Br)cc1C(c1ccccn1)=N[C@H]2CCC(=O)OC. The molecular weight excluding hydrogens is 2180 g/mol. The Hall–Kier alpha value is -11.1. The van der Waals surface area contributed by atoms with Crippen LogP contribution in [0.15, 0.2) is 223 Å². The number of azide groups is 1. The molecule has 3 fully saturated rings. The Balaban J connectivity index is 0.000000189. The van der Waals surface area contributed by atoms with E-state index in [0.29, 0.717) is 144 Å². The minimum atomic E-state index is -3.60. The van der Waals surface area contributed by atoms with Gasteiger partial charge in [-0.3, -0.25) is 73.4 Å². The highest BCUT2D eigenvalue weighted by atomic mass is 79.9. The van der Waals surface area contributed by atoms with Crippen LogP contribution in [0.4, 0.5) is 11.4 Å². The van der Waals surface area contributed by atoms with Crippen LogP contribution >= 0.6 is 71.4 Å². The van der Waals surface area contributed by atoms with E-state index >= 15 is 0 Å². The summed E-state index contributed by atoms with van der Waals surface area (Å²) >= 11 is 14.2. The van der Waals surface area contributed by atoms with Gasteiger partial charge in [0.15, 0.2) is 17.4 Å². The Bertz CT molecular complexity index is 6040. The van der Waals surface area contributed by atoms with Crippen molar-refractivity contribution in [3.63, 3.8) is 0 Å². The number of benzene rings is 4. The molecule has 7 aliphatic rings. The van der Waals surface area contributed by atoms with Gasteiger partial charge in [-0.2, -0.15) is 0 Å². The van der Waals surface area contributed by atoms with Crippen LogP contribution in [0.2, 0.25) is 0 Å². The van der Waals surface area contributed by atoms with Gasteiger partial charge in [0.25, 0.3) is 0 Å². The number of nitrogens with zero attached hydrogens (tertiary/aromatic N) is 18. The number of fused-ring (bicyclic) bond motifs is 6. The van der Waals surface area contributed by atoms with Gasteiger partial charge in [-0.15, -0.1) is 10.2 Å². The highest BCUT2D eigenvalue weighted by Crippen LogP contribution is 2.56. The zero-order valence-electron chi connectivity index (χ0n) is 83.1. The summed E-state index contributed by atoms with van der Waals surface area (Å²) in [6.07, 6.45) is 8.99. The fraction of sp³-hybridized carbons (Fsp3) is 0.436. The molecule has 5 N–H and O–H groups in total. The highest BCUT2D eigenvalue weighted by Gasteiger charge is 2.45. The van der Waals surface area contributed by atoms with Crippen molar-refractivity contribution in [3.8, 4) is 5.69 Å². The van der Waals surface area contributed by atoms with Gasteiger partial charge in [-0.25, -0.2) is 18.9 Å². The van der Waals surface area contributed by atoms with Gasteiger partial charge in [0.1, 0.15) is 30.8 Å². The van der Waals surface area contributed by atoms with E-state index in [1.165, 1.54) is 42.7 Å². The van der Waals surface area contributed by atoms with Crippen molar-refractivity contribution in [1.29, 1.82) is 0 Å². The Morgan fingerprint density at radius 1 is 0.510 bits per heavy atom. The van der Waals surface area contributed by atoms with Gasteiger partial charge in [-0.1, -0.05) is 99.2 Å². The third-order valence-corrected chi connectivity index (χ3v) is 27.3. The smallest absolute Gasteiger partial charge is 0.397 e. The monoisotopic (exact) mass is 2300 g/mol. The molecule has 16 rings (SSSR count). The molecule has 147 heavy (non-hydrogen) atoms. The fourth-order valence-electron chi connectivity index (χ4n) is 15.3. The molecule has 3 saturated heterocycles. The van der Waals surface area contributed by atoms with Crippen LogP contribution in [-0.2, 0) is 103 Å². The van der Waals surface area contributed by atoms with Crippen LogP contribution in [0, 0.1) is 0 Å². The summed E-state index contributed by atoms with van der Waals surface area (Å²) in [6, 6.07) is 43.8. The van der Waals surface area contributed by atoms with Crippen molar-refractivity contribution in [1.82, 2.24) is 44.0 Å². The first-order chi connectivity index (χ1) is 71.2. The van der Waals surface area contributed by atoms with Crippen LogP contribution in [0.5, 0.6) is 0 Å². The van der Waals surface area contributed by atoms with E-state index in [4.69, 9.17) is 98.6 Å². The fourth-order valence-corrected chi connectivity index (χ4v) is 19.1. The van der Waals surface area contributed by atoms with E-state index < -0.39 is 44.1 Å². The number of hydrogen-bond donors (Lipinski definition) is 4. The summed E-state index contributed by atoms with van der Waals surface area (Å²) in [4.78, 5) is 110. The van der Waals surface area contributed by atoms with Crippen molar-refractivity contribution in [2.45, 2.75) is 126 Å². The number of methoxy groups -OCH3 is 9. The minimum Gasteiger partial charge on any atom is -0.469 e. The van der Waals surface area contributed by atoms with Crippen LogP contribution in [-0.4, -0.2) is 329 Å². The van der Waals surface area contributed by atoms with E-state index in [0.717, 1.165) is 98.8 Å². The number of aliphatic hydroxyl groups excluding tert-OH is 3. The number of pyridine rings is 4. The van der Waals surface area contributed by atoms with E-state index in [9.17, 15) is 33.6 Å². The molecule has 4 aromatic carbocycles. The van der Waals surface area contributed by atoms with E-state index in [2.05, 4.69) is 118 Å². The molecule has 5 aromatic heterocycles. The number of ether oxygens (including phenoxy) is 12. The largest absolute Gasteiger partial charge is 0.469 e. The molecule has 46 heteroatoms. The van der Waals surface area contributed by atoms with Crippen LogP contribution < -0.4 is 5.73 Å². The lowest BCUT2D eigenvalue weighted by molar-refractivity contribution is -0.141. The summed E-state index contributed by atoms with van der Waals surface area (Å²) < 4.78 is 90.0. The minimum absolute atomic E-state index is 0.00148. The van der Waals surface area contributed by atoms with Gasteiger partial charge in [0.05, 0.1) is 181 Å². The molecule has 9 aromatic rings. The number of morpholine rings is 2. The van der Waals surface area contributed by atoms with Crippen molar-refractivity contribution in [2.24, 2.45) is 40.8 Å². The summed E-state index contributed by atoms with van der Waals surface area (Å²) in [5.74, 6) is 0.199. The molecule has 0 radical (unpaired) electrons. The predicted octanol–water partition coefficient (Wildman–Crippen LogP) is 13.5. The van der Waals surface area contributed by atoms with E-state index in [1.54, 1.807) is 46.1 Å². The maximum absolute atomic E-state index is 14.8. The van der Waals surface area contributed by atoms with E-state index in [1.807, 2.05) is 160 Å². The second kappa shape index (κ2) is 62.4. The summed E-state index contributed by atoms with van der Waals surface area (Å²) in [5, 5.41) is 39.4. The molecule has 4 unspecified atom stereocenters. The number of epoxide rings is 1. The van der Waals surface area contributed by atoms with Crippen LogP contribution in [0.3, 0.4) is 0 Å². The number of rotatable bonds is 35. The first kappa shape index (κ1) is 118. The number of aliphatic hydroxyl groups is 3. The zero-order chi connectivity index (χ0) is 106. The molecular formula is C101H122Br4N19O22P. The number of esters is 4. The van der Waals surface area contributed by atoms with E-state index in [-0.39, 0.29) is 106 Å². The highest BCUT2D eigenvalue weighted by molar-refractivity contribution is 9.11. The Kier molecular flexibility index (Phi) is 50.0. The molecule has 0 aliphatic carbocycles. The molecule has 0 saturated carbocycles. The molecule has 12 heterocycles. The summed E-state index contributed by atoms with van der Waals surface area (Å²) in [6.45, 7) is 6.74. The van der Waals surface area contributed by atoms with Crippen molar-refractivity contribution < 1.29 is 105 Å². The average Bonchev–Trinajstić information content (AvgIpc) is 1.58. The quantitative estimate of drug-likeness (QED) is 0.00545. The summed E-state index contributed by atoms with van der Waals surface area (Å²) in [7, 11) is 9.70. The van der Waals surface area contributed by atoms with Gasteiger partial charge >= 0.3 is 31.5 Å². The number of aromatic nitrogens is 7. The van der Waals surface area contributed by atoms with Gasteiger partial charge < -0.3 is 82.4 Å². The molecule has 7 aliphatic heterocycles. The molecule has 8 atom stereocenters. The number of carbonyl (C=O) groups is 5. The predicted molar refractivity (Wildman–Crippen MR) is 565 cm³/mol. The van der Waals surface area contributed by atoms with Crippen molar-refractivity contribution in [2.75, 3.05) is 163 Å². The lowest BCUT2D eigenvalue weighted by atomic mass is 9.97. The number of ketones is 1. The van der Waals surface area contributed by atoms with Crippen molar-refractivity contribution in [3.05, 3.63) is 261 Å². The van der Waals surface area contributed by atoms with Crippen molar-refractivity contribution >= 4 is 147 Å². The number of aliphatic imine (C=N–C) groups is 6. The average molecular weight is 2300 g/mol. The lowest BCUT2D eigenvalue weighted by Gasteiger charge is -2.41. The number of carbonyl (C=O) groups excluding carboxylic acids is 5. The Morgan fingerprint density at radius 2 is 0.932 bits per heavy atom. The standard InChI is InChI=1S/C26H31BrN5O6P.C23H26BrN3O4.C21H20BrN5O3.C19H17BrN2O3.C4H9N3O2.C4H11NO2.C4H8O2/c1-35-24(33)8-7-23-26(38-39(34,31-10-14-36-15-11-31)32-12-16-37-17-13-32)30-21-6-5-19(27)18-20(21)25(29-23)22-4-2-3-9-28-22;1-30-14-16(28)7-9-19-20(10-11-22(29)31-2)27-23(21-5-3-4-12-25-21)17-13-15(24)6-8-18(17)26-19;1-29-12-18-25-26-21-16(7-9-19(28)30-2)24-20(15-5-3-4-10-23-15)14-11-13(22)6-8-17(14)27(18)21;1-25-18(24)8-7-15-17(23)10-12-5-6-13(20)11-14(12)19(22-15)16-4-2-3-9-21-16;1-9-3-4(8)2-6-7-5;1-7-3-4(6)2-5;1-5-2-4-3-6-4/h2-6,9,18,23H,7-8,10-17H2,1H3;3-6,8,12-13,16,20,28H,7,9-11,14H2,1-2H3;3-6,8,10-11,16H,7,9,12H2,1-2H3;2-6,9,11,15H,7-8,10H2,1H3;4,8H,2-3H2,1H3;4,6H,2-3,5H2,1H3;4H,2-3H2,1H3/t23-;16?,20-;16-;15-;;;/m0000.../s1. The number of nitrogens with two attached hydrogens (primary N) is 1. The van der Waals surface area contributed by atoms with Crippen LogP contribution in [0.1, 0.15) is 132 Å². The zero-order valence-corrected chi connectivity index (χ0v) is 90.3. The second-order valence-electron chi connectivity index (χ2n) is 33.2. The molecule has 786 valence electrons. The second-order valence-corrected chi connectivity index (χ2v) is 39.1. The van der Waals surface area contributed by atoms with Gasteiger partial charge in [-0.05, 0) is 165 Å². The Labute approximate surface area is 886 Å². The topological polar surface area (TPSA) is 524 Å². The maximum Gasteiger partial charge on any atom is 0.397 e. The maximum atomic E-state index is 14.8. The number of hydrogen-bond acceptors (Lipinski definition) is 36. The number of halogens is 4. The molecule has 0 spiro atoms. The van der Waals surface area contributed by atoms with Crippen LogP contribution in [0.25, 0.3) is 16.1 Å². The molecule has 0 amide bonds. The van der Waals surface area contributed by atoms with Gasteiger partial charge in [0, 0.05) is 176 Å². The first-order valence-corrected chi connectivity index (χ1v) is 51.8. The first-order valence-electron chi connectivity index (χ1n) is 47.1. The third kappa shape index (κ3) is 36.4.